The Bertz CT molecular complexity index is 672. The molecule has 2 aromatic rings. The van der Waals surface area contributed by atoms with Gasteiger partial charge in [-0.15, -0.1) is 0 Å². The molecule has 0 heterocycles. The van der Waals surface area contributed by atoms with E-state index in [2.05, 4.69) is 17.4 Å². The van der Waals surface area contributed by atoms with Crippen molar-refractivity contribution in [3.8, 4) is 0 Å². The third-order valence-electron chi connectivity index (χ3n) is 3.61. The Labute approximate surface area is 150 Å². The van der Waals surface area contributed by atoms with E-state index in [9.17, 15) is 4.79 Å². The van der Waals surface area contributed by atoms with E-state index in [4.69, 9.17) is 4.74 Å². The van der Waals surface area contributed by atoms with E-state index in [0.717, 1.165) is 18.4 Å². The first-order chi connectivity index (χ1) is 11.9. The highest BCUT2D eigenvalue weighted by atomic mass is 16.6. The molecule has 0 spiro atoms. The van der Waals surface area contributed by atoms with E-state index in [1.165, 1.54) is 5.56 Å². The third kappa shape index (κ3) is 7.71. The highest BCUT2D eigenvalue weighted by Gasteiger charge is 2.18. The first-order valence-electron chi connectivity index (χ1n) is 8.69. The average Bonchev–Trinajstić information content (AvgIpc) is 2.57. The number of nitrogens with one attached hydrogen (secondary N) is 1. The molecule has 1 atom stereocenters. The molecule has 25 heavy (non-hydrogen) atoms. The van der Waals surface area contributed by atoms with E-state index in [0.29, 0.717) is 0 Å². The van der Waals surface area contributed by atoms with Crippen LogP contribution in [-0.2, 0) is 11.2 Å². The maximum absolute atomic E-state index is 12.1. The zero-order chi connectivity index (χ0) is 18.1. The minimum Gasteiger partial charge on any atom is -0.444 e. The molecule has 1 N–H and O–H groups in total. The lowest BCUT2D eigenvalue weighted by molar-refractivity contribution is 0.0513. The molecule has 0 fully saturated rings. The summed E-state index contributed by atoms with van der Waals surface area (Å²) in [7, 11) is 0. The second-order valence-corrected chi connectivity index (χ2v) is 7.05. The second-order valence-electron chi connectivity index (χ2n) is 7.05. The van der Waals surface area contributed by atoms with E-state index < -0.39 is 5.60 Å². The molecule has 1 amide bonds. The summed E-state index contributed by atoms with van der Waals surface area (Å²) in [5, 5.41) is 2.97. The molecule has 132 valence electrons. The topological polar surface area (TPSA) is 38.3 Å². The van der Waals surface area contributed by atoms with Crippen LogP contribution in [0.1, 0.15) is 38.3 Å². The summed E-state index contributed by atoms with van der Waals surface area (Å²) in [4.78, 5) is 12.1. The second kappa shape index (κ2) is 9.07. The van der Waals surface area contributed by atoms with Gasteiger partial charge in [0.25, 0.3) is 0 Å². The predicted molar refractivity (Wildman–Crippen MR) is 103 cm³/mol. The summed E-state index contributed by atoms with van der Waals surface area (Å²) >= 11 is 0. The van der Waals surface area contributed by atoms with Gasteiger partial charge in [0.05, 0.1) is 6.04 Å². The van der Waals surface area contributed by atoms with Crippen LogP contribution in [0.2, 0.25) is 0 Å². The average molecular weight is 337 g/mol. The van der Waals surface area contributed by atoms with Gasteiger partial charge in [-0.25, -0.2) is 4.79 Å². The Morgan fingerprint density at radius 3 is 2.24 bits per heavy atom. The number of rotatable bonds is 6. The van der Waals surface area contributed by atoms with Gasteiger partial charge in [0.2, 0.25) is 0 Å². The lowest BCUT2D eigenvalue weighted by Gasteiger charge is -2.22. The minimum atomic E-state index is -0.503. The number of benzene rings is 2. The van der Waals surface area contributed by atoms with Crippen LogP contribution in [0, 0.1) is 0 Å². The van der Waals surface area contributed by atoms with Gasteiger partial charge in [0.15, 0.2) is 0 Å². The van der Waals surface area contributed by atoms with Crippen LogP contribution in [0.4, 0.5) is 4.79 Å². The molecule has 0 radical (unpaired) electrons. The van der Waals surface area contributed by atoms with Crippen molar-refractivity contribution in [3.05, 3.63) is 77.9 Å². The number of ether oxygens (including phenoxy) is 1. The van der Waals surface area contributed by atoms with Crippen LogP contribution < -0.4 is 5.32 Å². The fourth-order valence-corrected chi connectivity index (χ4v) is 2.43. The zero-order valence-corrected chi connectivity index (χ0v) is 15.2. The lowest BCUT2D eigenvalue weighted by Crippen LogP contribution is -2.38. The monoisotopic (exact) mass is 337 g/mol. The first-order valence-corrected chi connectivity index (χ1v) is 8.69. The van der Waals surface area contributed by atoms with Crippen LogP contribution in [0.15, 0.2) is 66.7 Å². The normalized spacial score (nSPS) is 12.8. The van der Waals surface area contributed by atoms with E-state index in [1.54, 1.807) is 0 Å². The van der Waals surface area contributed by atoms with Gasteiger partial charge in [0.1, 0.15) is 5.60 Å². The number of aryl methyl sites for hydroxylation is 1. The van der Waals surface area contributed by atoms with Gasteiger partial charge in [-0.05, 0) is 44.7 Å². The summed E-state index contributed by atoms with van der Waals surface area (Å²) in [6.07, 6.45) is 5.38. The lowest BCUT2D eigenvalue weighted by atomic mass is 10.0. The molecule has 0 aliphatic rings. The molecule has 3 nitrogen and oxygen atoms in total. The molecule has 0 aromatic heterocycles. The Balaban J connectivity index is 2.02. The summed E-state index contributed by atoms with van der Waals surface area (Å²) in [5.41, 5.74) is 1.86. The van der Waals surface area contributed by atoms with Crippen molar-refractivity contribution in [1.82, 2.24) is 5.32 Å². The van der Waals surface area contributed by atoms with Crippen LogP contribution in [0.5, 0.6) is 0 Å². The van der Waals surface area contributed by atoms with Crippen molar-refractivity contribution in [1.29, 1.82) is 0 Å². The van der Waals surface area contributed by atoms with Gasteiger partial charge in [-0.2, -0.15) is 0 Å². The van der Waals surface area contributed by atoms with Crippen molar-refractivity contribution >= 4 is 12.2 Å². The summed E-state index contributed by atoms with van der Waals surface area (Å²) < 4.78 is 5.39. The number of carbonyl (C=O) groups is 1. The smallest absolute Gasteiger partial charge is 0.408 e. The van der Waals surface area contributed by atoms with Crippen LogP contribution in [0.3, 0.4) is 0 Å². The molecule has 0 bridgehead atoms. The van der Waals surface area contributed by atoms with E-state index in [-0.39, 0.29) is 12.1 Å². The van der Waals surface area contributed by atoms with Crippen molar-refractivity contribution in [2.45, 2.75) is 45.3 Å². The van der Waals surface area contributed by atoms with E-state index in [1.807, 2.05) is 81.5 Å². The molecule has 0 saturated carbocycles. The maximum atomic E-state index is 12.1. The Morgan fingerprint density at radius 1 is 1.04 bits per heavy atom. The first kappa shape index (κ1) is 18.8. The highest BCUT2D eigenvalue weighted by molar-refractivity contribution is 5.68. The standard InChI is InChI=1S/C22H27NO2/c1-22(2,3)25-21(24)23-20(16-14-18-10-6-4-7-11-18)17-15-19-12-8-5-9-13-19/h4-14,16,20H,15,17H2,1-3H3,(H,23,24)/b16-14+/t20-/m1/s1. The van der Waals surface area contributed by atoms with Crippen molar-refractivity contribution in [2.24, 2.45) is 0 Å². The van der Waals surface area contributed by atoms with Gasteiger partial charge in [-0.3, -0.25) is 0 Å². The highest BCUT2D eigenvalue weighted by Crippen LogP contribution is 2.11. The predicted octanol–water partition coefficient (Wildman–Crippen LogP) is 5.23. The van der Waals surface area contributed by atoms with Crippen molar-refractivity contribution in [2.75, 3.05) is 0 Å². The fourth-order valence-electron chi connectivity index (χ4n) is 2.43. The summed E-state index contributed by atoms with van der Waals surface area (Å²) in [6.45, 7) is 5.60. The molecule has 3 heteroatoms. The fraction of sp³-hybridized carbons (Fsp3) is 0.318. The molecular weight excluding hydrogens is 310 g/mol. The SMILES string of the molecule is CC(C)(C)OC(=O)N[C@H](/C=C/c1ccccc1)CCc1ccccc1. The van der Waals surface area contributed by atoms with Crippen molar-refractivity contribution in [3.63, 3.8) is 0 Å². The van der Waals surface area contributed by atoms with Gasteiger partial charge in [-0.1, -0.05) is 72.8 Å². The van der Waals surface area contributed by atoms with Gasteiger partial charge in [0, 0.05) is 0 Å². The molecule has 0 saturated heterocycles. The minimum absolute atomic E-state index is 0.0877. The molecule has 0 unspecified atom stereocenters. The molecule has 0 aliphatic carbocycles. The Kier molecular flexibility index (Phi) is 6.81. The Hall–Kier alpha value is -2.55. The van der Waals surface area contributed by atoms with Gasteiger partial charge >= 0.3 is 6.09 Å². The summed E-state index contributed by atoms with van der Waals surface area (Å²) in [5.74, 6) is 0. The van der Waals surface area contributed by atoms with Crippen molar-refractivity contribution < 1.29 is 9.53 Å². The number of hydrogen-bond acceptors (Lipinski definition) is 2. The van der Waals surface area contributed by atoms with Gasteiger partial charge < -0.3 is 10.1 Å². The third-order valence-corrected chi connectivity index (χ3v) is 3.61. The zero-order valence-electron chi connectivity index (χ0n) is 15.2. The number of alkyl carbamates (subject to hydrolysis) is 1. The maximum Gasteiger partial charge on any atom is 0.408 e. The molecular formula is C22H27NO2. The van der Waals surface area contributed by atoms with E-state index >= 15 is 0 Å². The molecule has 2 aromatic carbocycles. The molecule has 0 aliphatic heterocycles. The van der Waals surface area contributed by atoms with Crippen LogP contribution in [-0.4, -0.2) is 17.7 Å². The number of hydrogen-bond donors (Lipinski definition) is 1. The number of carbonyl (C=O) groups excluding carboxylic acids is 1. The molecule has 2 rings (SSSR count). The summed E-state index contributed by atoms with van der Waals surface area (Å²) in [6, 6.07) is 20.3. The van der Waals surface area contributed by atoms with Crippen LogP contribution >= 0.6 is 0 Å². The van der Waals surface area contributed by atoms with Crippen LogP contribution in [0.25, 0.3) is 6.08 Å². The Morgan fingerprint density at radius 2 is 1.64 bits per heavy atom. The number of amides is 1. The quantitative estimate of drug-likeness (QED) is 0.784. The largest absolute Gasteiger partial charge is 0.444 e.